The summed E-state index contributed by atoms with van der Waals surface area (Å²) >= 11 is 0. The van der Waals surface area contributed by atoms with Crippen LogP contribution < -0.4 is 4.90 Å². The molecule has 0 bridgehead atoms. The first-order chi connectivity index (χ1) is 10.7. The van der Waals surface area contributed by atoms with E-state index in [1.807, 2.05) is 17.6 Å². The van der Waals surface area contributed by atoms with E-state index in [4.69, 9.17) is 0 Å². The zero-order valence-electron chi connectivity index (χ0n) is 12.8. The Bertz CT molecular complexity index is 797. The van der Waals surface area contributed by atoms with E-state index in [2.05, 4.69) is 48.7 Å². The van der Waals surface area contributed by atoms with Gasteiger partial charge in [-0.2, -0.15) is 14.6 Å². The molecule has 0 atom stereocenters. The van der Waals surface area contributed by atoms with E-state index >= 15 is 0 Å². The van der Waals surface area contributed by atoms with Crippen molar-refractivity contribution < 1.29 is 0 Å². The molecule has 0 N–H and O–H groups in total. The highest BCUT2D eigenvalue weighted by molar-refractivity contribution is 5.49. The minimum atomic E-state index is 0.645. The molecule has 0 aliphatic carbocycles. The first kappa shape index (κ1) is 13.2. The SMILES string of the molecule is CCc1nccn1CC1CN(c2cc(C)nc3ncnn23)C1. The Labute approximate surface area is 128 Å². The first-order valence-corrected chi connectivity index (χ1v) is 7.67. The van der Waals surface area contributed by atoms with Gasteiger partial charge < -0.3 is 9.47 Å². The second kappa shape index (κ2) is 5.08. The third kappa shape index (κ3) is 2.13. The molecular formula is C15H19N7. The van der Waals surface area contributed by atoms with Gasteiger partial charge in [0.25, 0.3) is 5.78 Å². The molecule has 0 amide bonds. The smallest absolute Gasteiger partial charge is 0.254 e. The van der Waals surface area contributed by atoms with Crippen LogP contribution in [0.5, 0.6) is 0 Å². The van der Waals surface area contributed by atoms with Crippen molar-refractivity contribution in [2.45, 2.75) is 26.8 Å². The molecule has 4 heterocycles. The third-order valence-electron chi connectivity index (χ3n) is 4.22. The maximum Gasteiger partial charge on any atom is 0.254 e. The summed E-state index contributed by atoms with van der Waals surface area (Å²) in [6, 6.07) is 2.08. The third-order valence-corrected chi connectivity index (χ3v) is 4.22. The maximum absolute atomic E-state index is 4.39. The molecule has 0 aromatic carbocycles. The van der Waals surface area contributed by atoms with Gasteiger partial charge in [0.2, 0.25) is 0 Å². The lowest BCUT2D eigenvalue weighted by Crippen LogP contribution is -2.49. The quantitative estimate of drug-likeness (QED) is 0.727. The summed E-state index contributed by atoms with van der Waals surface area (Å²) in [5.41, 5.74) is 0.974. The lowest BCUT2D eigenvalue weighted by molar-refractivity contribution is 0.349. The highest BCUT2D eigenvalue weighted by atomic mass is 15.4. The number of aromatic nitrogens is 6. The first-order valence-electron chi connectivity index (χ1n) is 7.67. The van der Waals surface area contributed by atoms with Gasteiger partial charge in [-0.1, -0.05) is 6.92 Å². The number of rotatable bonds is 4. The van der Waals surface area contributed by atoms with Gasteiger partial charge in [0.15, 0.2) is 0 Å². The number of aryl methyl sites for hydroxylation is 2. The number of hydrogen-bond donors (Lipinski definition) is 0. The van der Waals surface area contributed by atoms with Crippen molar-refractivity contribution in [2.24, 2.45) is 5.92 Å². The molecule has 7 nitrogen and oxygen atoms in total. The van der Waals surface area contributed by atoms with Crippen LogP contribution in [0.1, 0.15) is 18.4 Å². The van der Waals surface area contributed by atoms with Crippen molar-refractivity contribution in [1.82, 2.24) is 29.1 Å². The fourth-order valence-corrected chi connectivity index (χ4v) is 3.11. The number of nitrogens with zero attached hydrogens (tertiary/aromatic N) is 7. The zero-order chi connectivity index (χ0) is 15.1. The predicted octanol–water partition coefficient (Wildman–Crippen LogP) is 1.33. The van der Waals surface area contributed by atoms with Crippen LogP contribution in [0.4, 0.5) is 5.82 Å². The lowest BCUT2D eigenvalue weighted by atomic mass is 10.00. The van der Waals surface area contributed by atoms with Gasteiger partial charge >= 0.3 is 0 Å². The van der Waals surface area contributed by atoms with Gasteiger partial charge in [-0.05, 0) is 6.92 Å². The van der Waals surface area contributed by atoms with Crippen LogP contribution in [0.25, 0.3) is 5.78 Å². The number of hydrogen-bond acceptors (Lipinski definition) is 5. The van der Waals surface area contributed by atoms with Gasteiger partial charge in [0, 0.05) is 56.1 Å². The zero-order valence-corrected chi connectivity index (χ0v) is 12.8. The van der Waals surface area contributed by atoms with E-state index in [1.165, 1.54) is 0 Å². The largest absolute Gasteiger partial charge is 0.356 e. The summed E-state index contributed by atoms with van der Waals surface area (Å²) in [6.45, 7) is 7.23. The number of imidazole rings is 1. The van der Waals surface area contributed by atoms with Gasteiger partial charge in [0.1, 0.15) is 18.0 Å². The van der Waals surface area contributed by atoms with Crippen molar-refractivity contribution in [3.05, 3.63) is 36.3 Å². The fourth-order valence-electron chi connectivity index (χ4n) is 3.11. The molecule has 1 aliphatic rings. The minimum Gasteiger partial charge on any atom is -0.356 e. The molecule has 3 aromatic rings. The highest BCUT2D eigenvalue weighted by Crippen LogP contribution is 2.26. The lowest BCUT2D eigenvalue weighted by Gasteiger charge is -2.41. The van der Waals surface area contributed by atoms with Crippen LogP contribution in [-0.4, -0.2) is 42.2 Å². The summed E-state index contributed by atoms with van der Waals surface area (Å²) in [5.74, 6) is 3.56. The van der Waals surface area contributed by atoms with Crippen molar-refractivity contribution in [3.63, 3.8) is 0 Å². The van der Waals surface area contributed by atoms with Crippen molar-refractivity contribution in [2.75, 3.05) is 18.0 Å². The molecule has 114 valence electrons. The summed E-state index contributed by atoms with van der Waals surface area (Å²) in [4.78, 5) is 15.3. The molecule has 1 aliphatic heterocycles. The normalized spacial score (nSPS) is 15.5. The molecule has 0 spiro atoms. The topological polar surface area (TPSA) is 64.1 Å². The molecule has 7 heteroatoms. The van der Waals surface area contributed by atoms with Crippen LogP contribution in [0, 0.1) is 12.8 Å². The van der Waals surface area contributed by atoms with Gasteiger partial charge in [-0.25, -0.2) is 9.97 Å². The Kier molecular flexibility index (Phi) is 3.06. The Morgan fingerprint density at radius 3 is 2.95 bits per heavy atom. The van der Waals surface area contributed by atoms with Gasteiger partial charge in [-0.15, -0.1) is 0 Å². The highest BCUT2D eigenvalue weighted by Gasteiger charge is 2.29. The van der Waals surface area contributed by atoms with E-state index < -0.39 is 0 Å². The summed E-state index contributed by atoms with van der Waals surface area (Å²) < 4.78 is 4.09. The average Bonchev–Trinajstić information content (AvgIpc) is 3.09. The predicted molar refractivity (Wildman–Crippen MR) is 82.8 cm³/mol. The molecule has 1 fully saturated rings. The second-order valence-electron chi connectivity index (χ2n) is 5.85. The van der Waals surface area contributed by atoms with Crippen LogP contribution in [0.2, 0.25) is 0 Å². The van der Waals surface area contributed by atoms with E-state index in [0.29, 0.717) is 11.7 Å². The number of fused-ring (bicyclic) bond motifs is 1. The van der Waals surface area contributed by atoms with E-state index in [1.54, 1.807) is 6.33 Å². The summed E-state index contributed by atoms with van der Waals surface area (Å²) in [6.07, 6.45) is 6.50. The molecule has 0 saturated carbocycles. The average molecular weight is 297 g/mol. The van der Waals surface area contributed by atoms with Crippen molar-refractivity contribution in [3.8, 4) is 0 Å². The molecular weight excluding hydrogens is 278 g/mol. The van der Waals surface area contributed by atoms with E-state index in [9.17, 15) is 0 Å². The van der Waals surface area contributed by atoms with Crippen LogP contribution in [0.3, 0.4) is 0 Å². The van der Waals surface area contributed by atoms with Gasteiger partial charge in [0.05, 0.1) is 0 Å². The Balaban J connectivity index is 1.49. The second-order valence-corrected chi connectivity index (χ2v) is 5.85. The molecule has 1 saturated heterocycles. The van der Waals surface area contributed by atoms with Crippen molar-refractivity contribution in [1.29, 1.82) is 0 Å². The molecule has 3 aromatic heterocycles. The Hall–Kier alpha value is -2.44. The van der Waals surface area contributed by atoms with Crippen LogP contribution in [-0.2, 0) is 13.0 Å². The maximum atomic E-state index is 4.39. The minimum absolute atomic E-state index is 0.645. The molecule has 0 unspecified atom stereocenters. The standard InChI is InChI=1S/C15H19N7/c1-3-13-16-4-5-20(13)7-12-8-21(9-12)14-6-11(2)19-15-17-10-18-22(14)15/h4-6,10,12H,3,7-9H2,1-2H3. The van der Waals surface area contributed by atoms with E-state index in [0.717, 1.165) is 43.4 Å². The fraction of sp³-hybridized carbons (Fsp3) is 0.467. The molecule has 0 radical (unpaired) electrons. The molecule has 4 rings (SSSR count). The van der Waals surface area contributed by atoms with Crippen LogP contribution in [0.15, 0.2) is 24.8 Å². The molecule has 22 heavy (non-hydrogen) atoms. The Morgan fingerprint density at radius 2 is 2.14 bits per heavy atom. The monoisotopic (exact) mass is 297 g/mol. The number of anilines is 1. The summed E-state index contributed by atoms with van der Waals surface area (Å²) in [5, 5.41) is 4.28. The van der Waals surface area contributed by atoms with Gasteiger partial charge in [-0.3, -0.25) is 0 Å². The van der Waals surface area contributed by atoms with Crippen LogP contribution >= 0.6 is 0 Å². The Morgan fingerprint density at radius 1 is 1.27 bits per heavy atom. The van der Waals surface area contributed by atoms with Crippen molar-refractivity contribution >= 4 is 11.6 Å². The summed E-state index contributed by atoms with van der Waals surface area (Å²) in [7, 11) is 0. The van der Waals surface area contributed by atoms with E-state index in [-0.39, 0.29) is 0 Å².